The molecule has 0 aromatic carbocycles. The minimum Gasteiger partial charge on any atom is -0.424 e. The number of carbonyl (C=O) groups is 1. The fourth-order valence-electron chi connectivity index (χ4n) is 2.84. The summed E-state index contributed by atoms with van der Waals surface area (Å²) in [5.74, 6) is 2.05. The number of ether oxygens (including phenoxy) is 1. The molecule has 0 spiro atoms. The summed E-state index contributed by atoms with van der Waals surface area (Å²) in [6, 6.07) is 3.85. The van der Waals surface area contributed by atoms with Crippen molar-refractivity contribution in [3.63, 3.8) is 0 Å². The van der Waals surface area contributed by atoms with Crippen molar-refractivity contribution in [2.45, 2.75) is 37.8 Å². The van der Waals surface area contributed by atoms with Gasteiger partial charge in [0.1, 0.15) is 0 Å². The Morgan fingerprint density at radius 1 is 1.39 bits per heavy atom. The van der Waals surface area contributed by atoms with E-state index in [9.17, 15) is 4.79 Å². The number of ketones is 1. The van der Waals surface area contributed by atoms with Crippen LogP contribution in [-0.4, -0.2) is 46.7 Å². The third kappa shape index (κ3) is 3.52. The molecule has 0 amide bonds. The van der Waals surface area contributed by atoms with Crippen molar-refractivity contribution in [2.75, 3.05) is 19.8 Å². The summed E-state index contributed by atoms with van der Waals surface area (Å²) in [4.78, 5) is 15.4. The van der Waals surface area contributed by atoms with Crippen LogP contribution in [-0.2, 0) is 11.3 Å². The maximum Gasteiger partial charge on any atom is 0.230 e. The molecule has 0 unspecified atom stereocenters. The third-order valence-corrected chi connectivity index (χ3v) is 5.22. The first kappa shape index (κ1) is 15.0. The highest BCUT2D eigenvalue weighted by Crippen LogP contribution is 2.39. The summed E-state index contributed by atoms with van der Waals surface area (Å²) in [6.07, 6.45) is 2.76. The molecule has 2 aliphatic rings. The van der Waals surface area contributed by atoms with Gasteiger partial charge in [0.15, 0.2) is 5.78 Å². The molecule has 1 saturated carbocycles. The summed E-state index contributed by atoms with van der Waals surface area (Å²) in [5.41, 5.74) is 0. The minimum absolute atomic E-state index is 0.0645. The highest BCUT2D eigenvalue weighted by atomic mass is 32.1. The fraction of sp³-hybridized carbons (Fsp3) is 0.562. The first-order valence-corrected chi connectivity index (χ1v) is 8.88. The molecule has 2 aromatic heterocycles. The van der Waals surface area contributed by atoms with E-state index in [2.05, 4.69) is 15.1 Å². The monoisotopic (exact) mass is 333 g/mol. The highest BCUT2D eigenvalue weighted by Gasteiger charge is 2.31. The van der Waals surface area contributed by atoms with Gasteiger partial charge in [-0.25, -0.2) is 0 Å². The molecule has 1 aliphatic heterocycles. The van der Waals surface area contributed by atoms with Crippen LogP contribution in [0.15, 0.2) is 21.9 Å². The second-order valence-electron chi connectivity index (χ2n) is 6.11. The van der Waals surface area contributed by atoms with Gasteiger partial charge in [0.2, 0.25) is 11.8 Å². The van der Waals surface area contributed by atoms with Crippen LogP contribution < -0.4 is 0 Å². The van der Waals surface area contributed by atoms with E-state index in [1.165, 1.54) is 11.3 Å². The largest absolute Gasteiger partial charge is 0.424 e. The fourth-order valence-corrected chi connectivity index (χ4v) is 3.51. The molecule has 1 atom stereocenters. The van der Waals surface area contributed by atoms with Gasteiger partial charge in [-0.1, -0.05) is 6.07 Å². The maximum atomic E-state index is 12.4. The molecule has 2 fully saturated rings. The molecular formula is C16H19N3O3S. The van der Waals surface area contributed by atoms with Crippen molar-refractivity contribution in [3.05, 3.63) is 34.2 Å². The summed E-state index contributed by atoms with van der Waals surface area (Å²) >= 11 is 1.49. The number of hydrogen-bond acceptors (Lipinski definition) is 7. The first-order chi connectivity index (χ1) is 11.3. The van der Waals surface area contributed by atoms with Crippen molar-refractivity contribution < 1.29 is 13.9 Å². The van der Waals surface area contributed by atoms with E-state index < -0.39 is 0 Å². The van der Waals surface area contributed by atoms with Gasteiger partial charge in [-0.2, -0.15) is 0 Å². The van der Waals surface area contributed by atoms with Crippen molar-refractivity contribution in [3.8, 4) is 0 Å². The van der Waals surface area contributed by atoms with Crippen molar-refractivity contribution in [1.82, 2.24) is 15.1 Å². The molecule has 7 heteroatoms. The molecule has 0 radical (unpaired) electrons. The Kier molecular flexibility index (Phi) is 4.24. The lowest BCUT2D eigenvalue weighted by Crippen LogP contribution is -2.45. The number of morpholine rings is 1. The predicted octanol–water partition coefficient (Wildman–Crippen LogP) is 2.48. The van der Waals surface area contributed by atoms with Gasteiger partial charge in [-0.3, -0.25) is 9.69 Å². The zero-order valence-corrected chi connectivity index (χ0v) is 13.6. The number of thiophene rings is 1. The lowest BCUT2D eigenvalue weighted by molar-refractivity contribution is -0.0159. The molecule has 2 aromatic rings. The van der Waals surface area contributed by atoms with Crippen molar-refractivity contribution in [2.24, 2.45) is 0 Å². The van der Waals surface area contributed by atoms with Crippen LogP contribution in [0.2, 0.25) is 0 Å². The van der Waals surface area contributed by atoms with Gasteiger partial charge >= 0.3 is 0 Å². The quantitative estimate of drug-likeness (QED) is 0.757. The Hall–Kier alpha value is -1.57. The summed E-state index contributed by atoms with van der Waals surface area (Å²) < 4.78 is 11.3. The predicted molar refractivity (Wildman–Crippen MR) is 84.6 cm³/mol. The molecule has 0 bridgehead atoms. The Bertz CT molecular complexity index is 666. The number of hydrogen-bond donors (Lipinski definition) is 0. The maximum absolute atomic E-state index is 12.4. The standard InChI is InChI=1S/C16H19N3O3S/c20-13(14-2-1-7-23-14)8-12-10-21-6-5-19(12)9-15-17-18-16(22-15)11-3-4-11/h1-2,7,11-12H,3-6,8-10H2/t12-/m1/s1. The van der Waals surface area contributed by atoms with Gasteiger partial charge in [0, 0.05) is 24.9 Å². The number of rotatable bonds is 6. The summed E-state index contributed by atoms with van der Waals surface area (Å²) in [6.45, 7) is 2.61. The van der Waals surface area contributed by atoms with Crippen LogP contribution in [0, 0.1) is 0 Å². The normalized spacial score (nSPS) is 22.3. The van der Waals surface area contributed by atoms with E-state index >= 15 is 0 Å². The van der Waals surface area contributed by atoms with E-state index in [-0.39, 0.29) is 11.8 Å². The Labute approximate surface area is 138 Å². The minimum atomic E-state index is 0.0645. The van der Waals surface area contributed by atoms with Gasteiger partial charge in [-0.05, 0) is 24.3 Å². The third-order valence-electron chi connectivity index (χ3n) is 4.31. The first-order valence-electron chi connectivity index (χ1n) is 8.00. The SMILES string of the molecule is O=C(C[C@@H]1COCCN1Cc1nnc(C2CC2)o1)c1cccs1. The zero-order chi connectivity index (χ0) is 15.6. The van der Waals surface area contributed by atoms with Crippen molar-refractivity contribution >= 4 is 17.1 Å². The Morgan fingerprint density at radius 3 is 3.09 bits per heavy atom. The second kappa shape index (κ2) is 6.51. The Morgan fingerprint density at radius 2 is 2.30 bits per heavy atom. The van der Waals surface area contributed by atoms with Crippen LogP contribution in [0.5, 0.6) is 0 Å². The van der Waals surface area contributed by atoms with Crippen molar-refractivity contribution in [1.29, 1.82) is 0 Å². The molecule has 4 rings (SSSR count). The van der Waals surface area contributed by atoms with Gasteiger partial charge in [0.25, 0.3) is 0 Å². The lowest BCUT2D eigenvalue weighted by atomic mass is 10.1. The van der Waals surface area contributed by atoms with Crippen LogP contribution in [0.25, 0.3) is 0 Å². The second-order valence-corrected chi connectivity index (χ2v) is 7.06. The van der Waals surface area contributed by atoms with E-state index in [1.807, 2.05) is 17.5 Å². The number of carbonyl (C=O) groups excluding carboxylic acids is 1. The summed E-state index contributed by atoms with van der Waals surface area (Å²) in [5, 5.41) is 10.2. The van der Waals surface area contributed by atoms with Crippen LogP contribution in [0.4, 0.5) is 0 Å². The van der Waals surface area contributed by atoms with Gasteiger partial charge in [-0.15, -0.1) is 21.5 Å². The Balaban J connectivity index is 1.41. The van der Waals surface area contributed by atoms with Crippen LogP contribution in [0.3, 0.4) is 0 Å². The lowest BCUT2D eigenvalue weighted by Gasteiger charge is -2.34. The van der Waals surface area contributed by atoms with E-state index in [0.717, 1.165) is 30.2 Å². The molecule has 23 heavy (non-hydrogen) atoms. The van der Waals surface area contributed by atoms with Crippen LogP contribution >= 0.6 is 11.3 Å². The number of nitrogens with zero attached hydrogens (tertiary/aromatic N) is 3. The average Bonchev–Trinajstić information content (AvgIpc) is 3.08. The molecule has 3 heterocycles. The highest BCUT2D eigenvalue weighted by molar-refractivity contribution is 7.12. The molecule has 122 valence electrons. The average molecular weight is 333 g/mol. The topological polar surface area (TPSA) is 68.5 Å². The molecule has 1 saturated heterocycles. The van der Waals surface area contributed by atoms with E-state index in [0.29, 0.717) is 38.0 Å². The summed E-state index contributed by atoms with van der Waals surface area (Å²) in [7, 11) is 0. The van der Waals surface area contributed by atoms with Gasteiger partial charge in [0.05, 0.1) is 24.6 Å². The van der Waals surface area contributed by atoms with Gasteiger partial charge < -0.3 is 9.15 Å². The molecular weight excluding hydrogens is 314 g/mol. The van der Waals surface area contributed by atoms with E-state index in [1.54, 1.807) is 0 Å². The molecule has 0 N–H and O–H groups in total. The van der Waals surface area contributed by atoms with Crippen LogP contribution in [0.1, 0.15) is 46.6 Å². The zero-order valence-electron chi connectivity index (χ0n) is 12.8. The molecule has 1 aliphatic carbocycles. The molecule has 6 nitrogen and oxygen atoms in total. The smallest absolute Gasteiger partial charge is 0.230 e. The number of Topliss-reactive ketones (excluding diaryl/α,β-unsaturated/α-hetero) is 1. The van der Waals surface area contributed by atoms with E-state index in [4.69, 9.17) is 9.15 Å². The number of aromatic nitrogens is 2.